The lowest BCUT2D eigenvalue weighted by molar-refractivity contribution is 0.593. The molecule has 0 bridgehead atoms. The van der Waals surface area contributed by atoms with E-state index in [9.17, 15) is 8.42 Å². The number of benzene rings is 1. The lowest BCUT2D eigenvalue weighted by Gasteiger charge is -2.07. The van der Waals surface area contributed by atoms with E-state index < -0.39 is 9.84 Å². The minimum Gasteiger partial charge on any atom is -0.307 e. The van der Waals surface area contributed by atoms with Crippen LogP contribution in [0.4, 0.5) is 11.8 Å². The summed E-state index contributed by atoms with van der Waals surface area (Å²) in [6, 6.07) is 12.3. The van der Waals surface area contributed by atoms with Crippen molar-refractivity contribution in [1.29, 1.82) is 0 Å². The molecule has 0 amide bonds. The molecule has 6 rings (SSSR count). The van der Waals surface area contributed by atoms with Crippen molar-refractivity contribution >= 4 is 53.4 Å². The van der Waals surface area contributed by atoms with Crippen molar-refractivity contribution < 1.29 is 8.42 Å². The second-order valence-corrected chi connectivity index (χ2v) is 11.1. The molecule has 182 valence electrons. The molecule has 1 N–H and O–H groups in total. The molecule has 0 aliphatic carbocycles. The van der Waals surface area contributed by atoms with E-state index in [-0.39, 0.29) is 16.5 Å². The average molecular weight is 527 g/mol. The highest BCUT2D eigenvalue weighted by atomic mass is 32.2. The van der Waals surface area contributed by atoms with Crippen molar-refractivity contribution in [3.63, 3.8) is 0 Å². The van der Waals surface area contributed by atoms with Gasteiger partial charge in [-0.05, 0) is 41.5 Å². The SMILES string of the molecule is O=S(=O)(Cc1ncccn1)c1ccc(Cc2cnc(Nc3ncnc4c3sc3ncccc34)nc2)cc1. The summed E-state index contributed by atoms with van der Waals surface area (Å²) in [4.78, 5) is 31.2. The van der Waals surface area contributed by atoms with E-state index in [1.165, 1.54) is 30.1 Å². The first-order valence-corrected chi connectivity index (χ1v) is 13.7. The Kier molecular flexibility index (Phi) is 5.94. The number of hydrogen-bond acceptors (Lipinski definition) is 11. The number of rotatable bonds is 7. The summed E-state index contributed by atoms with van der Waals surface area (Å²) >= 11 is 1.51. The Bertz CT molecular complexity index is 1810. The van der Waals surface area contributed by atoms with E-state index in [4.69, 9.17) is 0 Å². The highest BCUT2D eigenvalue weighted by molar-refractivity contribution is 7.90. The Morgan fingerprint density at radius 2 is 1.54 bits per heavy atom. The monoisotopic (exact) mass is 526 g/mol. The number of anilines is 2. The number of nitrogens with zero attached hydrogens (tertiary/aromatic N) is 7. The maximum atomic E-state index is 12.7. The molecular weight excluding hydrogens is 508 g/mol. The number of pyridine rings is 1. The topological polar surface area (TPSA) is 136 Å². The molecular formula is C25H18N8O2S2. The van der Waals surface area contributed by atoms with Crippen molar-refractivity contribution in [1.82, 2.24) is 34.9 Å². The van der Waals surface area contributed by atoms with Gasteiger partial charge in [0.15, 0.2) is 15.7 Å². The Morgan fingerprint density at radius 1 is 0.784 bits per heavy atom. The third-order valence-electron chi connectivity index (χ3n) is 5.59. The van der Waals surface area contributed by atoms with Gasteiger partial charge in [-0.3, -0.25) is 0 Å². The van der Waals surface area contributed by atoms with E-state index >= 15 is 0 Å². The molecule has 0 radical (unpaired) electrons. The molecule has 1 aromatic carbocycles. The van der Waals surface area contributed by atoms with Gasteiger partial charge in [0.1, 0.15) is 22.7 Å². The first kappa shape index (κ1) is 23.0. The van der Waals surface area contributed by atoms with Crippen LogP contribution in [-0.2, 0) is 22.0 Å². The largest absolute Gasteiger partial charge is 0.307 e. The van der Waals surface area contributed by atoms with Crippen LogP contribution in [0.2, 0.25) is 0 Å². The number of aromatic nitrogens is 7. The van der Waals surface area contributed by atoms with Crippen molar-refractivity contribution in [3.8, 4) is 0 Å². The molecule has 0 aliphatic heterocycles. The Morgan fingerprint density at radius 3 is 2.32 bits per heavy atom. The zero-order valence-corrected chi connectivity index (χ0v) is 20.8. The standard InChI is InChI=1S/C25H18N8O2S2/c34-37(35,14-20-26-9-2-10-27-20)18-6-4-16(5-7-18)11-17-12-29-25(30-13-17)33-23-22-21(31-15-32-23)19-3-1-8-28-24(19)36-22/h1-10,12-13,15H,11,14H2,(H,29,30,31,32,33). The Balaban J connectivity index is 1.15. The smallest absolute Gasteiger partial charge is 0.228 e. The zero-order chi connectivity index (χ0) is 25.2. The van der Waals surface area contributed by atoms with Crippen molar-refractivity contribution in [2.75, 3.05) is 5.32 Å². The molecule has 0 unspecified atom stereocenters. The third kappa shape index (κ3) is 4.84. The van der Waals surface area contributed by atoms with Crippen LogP contribution in [0, 0.1) is 0 Å². The summed E-state index contributed by atoms with van der Waals surface area (Å²) in [6.07, 6.45) is 10.3. The van der Waals surface area contributed by atoms with Gasteiger partial charge in [-0.2, -0.15) is 0 Å². The summed E-state index contributed by atoms with van der Waals surface area (Å²) in [5, 5.41) is 4.16. The van der Waals surface area contributed by atoms with Gasteiger partial charge < -0.3 is 5.32 Å². The fourth-order valence-corrected chi connectivity index (χ4v) is 6.07. The van der Waals surface area contributed by atoms with Gasteiger partial charge in [0, 0.05) is 42.8 Å². The molecule has 0 fully saturated rings. The first-order valence-electron chi connectivity index (χ1n) is 11.2. The normalized spacial score (nSPS) is 11.7. The van der Waals surface area contributed by atoms with Crippen molar-refractivity contribution in [2.45, 2.75) is 17.1 Å². The number of nitrogens with one attached hydrogen (secondary N) is 1. The van der Waals surface area contributed by atoms with E-state index in [2.05, 4.69) is 40.2 Å². The molecule has 0 atom stereocenters. The molecule has 5 aromatic heterocycles. The van der Waals surface area contributed by atoms with Gasteiger partial charge in [-0.25, -0.2) is 43.3 Å². The Labute approximate surface area is 215 Å². The molecule has 10 nitrogen and oxygen atoms in total. The number of fused-ring (bicyclic) bond motifs is 3. The fraction of sp³-hybridized carbons (Fsp3) is 0.0800. The number of sulfone groups is 1. The minimum absolute atomic E-state index is 0.229. The predicted molar refractivity (Wildman–Crippen MR) is 140 cm³/mol. The van der Waals surface area contributed by atoms with Crippen molar-refractivity contribution in [2.24, 2.45) is 0 Å². The van der Waals surface area contributed by atoms with Crippen LogP contribution in [0.25, 0.3) is 20.4 Å². The predicted octanol–water partition coefficient (Wildman–Crippen LogP) is 4.13. The molecule has 12 heteroatoms. The Hall–Kier alpha value is -4.42. The van der Waals surface area contributed by atoms with Gasteiger partial charge in [-0.1, -0.05) is 12.1 Å². The average Bonchev–Trinajstić information content (AvgIpc) is 3.30. The number of hydrogen-bond donors (Lipinski definition) is 1. The van der Waals surface area contributed by atoms with Crippen LogP contribution in [0.15, 0.2) is 84.7 Å². The maximum Gasteiger partial charge on any atom is 0.228 e. The maximum absolute atomic E-state index is 12.7. The highest BCUT2D eigenvalue weighted by Crippen LogP contribution is 2.35. The van der Waals surface area contributed by atoms with E-state index in [0.29, 0.717) is 18.2 Å². The van der Waals surface area contributed by atoms with Gasteiger partial charge in [0.25, 0.3) is 0 Å². The lowest BCUT2D eigenvalue weighted by Crippen LogP contribution is -2.08. The van der Waals surface area contributed by atoms with E-state index in [1.54, 1.807) is 48.9 Å². The molecule has 0 aliphatic rings. The van der Waals surface area contributed by atoms with Gasteiger partial charge in [-0.15, -0.1) is 11.3 Å². The second kappa shape index (κ2) is 9.56. The summed E-state index contributed by atoms with van der Waals surface area (Å²) in [7, 11) is -3.53. The highest BCUT2D eigenvalue weighted by Gasteiger charge is 2.17. The number of thiophene rings is 1. The molecule has 6 aromatic rings. The molecule has 0 saturated carbocycles. The third-order valence-corrected chi connectivity index (χ3v) is 8.33. The summed E-state index contributed by atoms with van der Waals surface area (Å²) in [5.41, 5.74) is 2.66. The van der Waals surface area contributed by atoms with E-state index in [0.717, 1.165) is 31.6 Å². The minimum atomic E-state index is -3.53. The van der Waals surface area contributed by atoms with Crippen LogP contribution in [0.3, 0.4) is 0 Å². The van der Waals surface area contributed by atoms with Crippen LogP contribution >= 0.6 is 11.3 Å². The first-order chi connectivity index (χ1) is 18.0. The summed E-state index contributed by atoms with van der Waals surface area (Å²) < 4.78 is 26.2. The molecule has 5 heterocycles. The summed E-state index contributed by atoms with van der Waals surface area (Å²) in [5.74, 6) is 1.06. The van der Waals surface area contributed by atoms with Gasteiger partial charge in [0.05, 0.1) is 15.1 Å². The van der Waals surface area contributed by atoms with Crippen LogP contribution in [-0.4, -0.2) is 43.3 Å². The second-order valence-electron chi connectivity index (χ2n) is 8.14. The quantitative estimate of drug-likeness (QED) is 0.323. The van der Waals surface area contributed by atoms with E-state index in [1.807, 2.05) is 12.1 Å². The van der Waals surface area contributed by atoms with Crippen molar-refractivity contribution in [3.05, 3.63) is 96.7 Å². The van der Waals surface area contributed by atoms with Gasteiger partial charge in [0.2, 0.25) is 5.95 Å². The molecule has 0 spiro atoms. The lowest BCUT2D eigenvalue weighted by atomic mass is 10.1. The van der Waals surface area contributed by atoms with Crippen LogP contribution in [0.1, 0.15) is 17.0 Å². The van der Waals surface area contributed by atoms with Gasteiger partial charge >= 0.3 is 0 Å². The van der Waals surface area contributed by atoms with Crippen LogP contribution in [0.5, 0.6) is 0 Å². The molecule has 0 saturated heterocycles. The zero-order valence-electron chi connectivity index (χ0n) is 19.2. The fourth-order valence-electron chi connectivity index (χ4n) is 3.83. The molecule has 37 heavy (non-hydrogen) atoms. The summed E-state index contributed by atoms with van der Waals surface area (Å²) in [6.45, 7) is 0. The van der Waals surface area contributed by atoms with Crippen LogP contribution < -0.4 is 5.32 Å².